The average Bonchev–Trinajstić information content (AvgIpc) is 2.84. The van der Waals surface area contributed by atoms with Gasteiger partial charge in [-0.25, -0.2) is 0 Å². The SMILES string of the molecule is CC(C)C(=O)NC(=S)Nc1ccc2c(c1)Cc1ccccc1-2. The maximum Gasteiger partial charge on any atom is 0.228 e. The van der Waals surface area contributed by atoms with E-state index in [9.17, 15) is 4.79 Å². The van der Waals surface area contributed by atoms with Gasteiger partial charge in [-0.15, -0.1) is 0 Å². The van der Waals surface area contributed by atoms with Crippen molar-refractivity contribution in [2.24, 2.45) is 5.92 Å². The molecule has 0 fully saturated rings. The zero-order chi connectivity index (χ0) is 15.7. The second-order valence-electron chi connectivity index (χ2n) is 5.80. The summed E-state index contributed by atoms with van der Waals surface area (Å²) >= 11 is 5.19. The molecule has 0 spiro atoms. The van der Waals surface area contributed by atoms with Gasteiger partial charge in [0.2, 0.25) is 5.91 Å². The number of fused-ring (bicyclic) bond motifs is 3. The Labute approximate surface area is 135 Å². The number of thiocarbonyl (C=S) groups is 1. The number of anilines is 1. The van der Waals surface area contributed by atoms with Crippen molar-refractivity contribution in [1.82, 2.24) is 5.32 Å². The van der Waals surface area contributed by atoms with Gasteiger partial charge in [-0.2, -0.15) is 0 Å². The molecule has 0 heterocycles. The van der Waals surface area contributed by atoms with Crippen LogP contribution >= 0.6 is 12.2 Å². The molecule has 0 bridgehead atoms. The number of rotatable bonds is 2. The first-order valence-corrected chi connectivity index (χ1v) is 7.78. The first-order valence-electron chi connectivity index (χ1n) is 7.37. The van der Waals surface area contributed by atoms with Crippen LogP contribution in [0.5, 0.6) is 0 Å². The highest BCUT2D eigenvalue weighted by molar-refractivity contribution is 7.80. The summed E-state index contributed by atoms with van der Waals surface area (Å²) in [5, 5.41) is 6.12. The Kier molecular flexibility index (Phi) is 3.94. The van der Waals surface area contributed by atoms with Crippen LogP contribution in [0.4, 0.5) is 5.69 Å². The van der Waals surface area contributed by atoms with Gasteiger partial charge in [0.1, 0.15) is 0 Å². The maximum absolute atomic E-state index is 11.6. The highest BCUT2D eigenvalue weighted by Crippen LogP contribution is 2.37. The van der Waals surface area contributed by atoms with Crippen molar-refractivity contribution in [3.63, 3.8) is 0 Å². The topological polar surface area (TPSA) is 41.1 Å². The van der Waals surface area contributed by atoms with Crippen LogP contribution in [0, 0.1) is 5.92 Å². The van der Waals surface area contributed by atoms with Crippen LogP contribution in [0.15, 0.2) is 42.5 Å². The van der Waals surface area contributed by atoms with Gasteiger partial charge in [0, 0.05) is 11.6 Å². The predicted molar refractivity (Wildman–Crippen MR) is 93.9 cm³/mol. The van der Waals surface area contributed by atoms with Crippen molar-refractivity contribution < 1.29 is 4.79 Å². The van der Waals surface area contributed by atoms with Crippen molar-refractivity contribution in [2.75, 3.05) is 5.32 Å². The standard InChI is InChI=1S/C18H18N2OS/c1-11(2)17(21)20-18(22)19-14-7-8-16-13(10-14)9-12-5-3-4-6-15(12)16/h3-8,10-11H,9H2,1-2H3,(H2,19,20,21,22). The summed E-state index contributed by atoms with van der Waals surface area (Å²) in [7, 11) is 0. The second kappa shape index (κ2) is 5.89. The zero-order valence-corrected chi connectivity index (χ0v) is 13.5. The van der Waals surface area contributed by atoms with Crippen LogP contribution in [-0.2, 0) is 11.2 Å². The first-order chi connectivity index (χ1) is 10.5. The van der Waals surface area contributed by atoms with E-state index in [1.807, 2.05) is 19.9 Å². The molecule has 1 aliphatic carbocycles. The summed E-state index contributed by atoms with van der Waals surface area (Å²) in [6.07, 6.45) is 0.937. The van der Waals surface area contributed by atoms with Gasteiger partial charge >= 0.3 is 0 Å². The monoisotopic (exact) mass is 310 g/mol. The van der Waals surface area contributed by atoms with E-state index in [1.54, 1.807) is 0 Å². The van der Waals surface area contributed by atoms with Gasteiger partial charge in [0.05, 0.1) is 0 Å². The van der Waals surface area contributed by atoms with E-state index in [1.165, 1.54) is 22.3 Å². The lowest BCUT2D eigenvalue weighted by atomic mass is 10.1. The number of benzene rings is 2. The lowest BCUT2D eigenvalue weighted by molar-refractivity contribution is -0.122. The molecule has 2 N–H and O–H groups in total. The van der Waals surface area contributed by atoms with Crippen LogP contribution < -0.4 is 10.6 Å². The molecule has 22 heavy (non-hydrogen) atoms. The summed E-state index contributed by atoms with van der Waals surface area (Å²) in [6, 6.07) is 14.7. The molecule has 2 aromatic carbocycles. The molecule has 0 radical (unpaired) electrons. The third-order valence-electron chi connectivity index (χ3n) is 3.81. The number of carbonyl (C=O) groups is 1. The zero-order valence-electron chi connectivity index (χ0n) is 12.6. The smallest absolute Gasteiger partial charge is 0.228 e. The predicted octanol–water partition coefficient (Wildman–Crippen LogP) is 3.73. The van der Waals surface area contributed by atoms with Crippen molar-refractivity contribution in [1.29, 1.82) is 0 Å². The Morgan fingerprint density at radius 2 is 1.82 bits per heavy atom. The lowest BCUT2D eigenvalue weighted by Gasteiger charge is -2.12. The fourth-order valence-electron chi connectivity index (χ4n) is 2.64. The molecule has 0 saturated heterocycles. The summed E-state index contributed by atoms with van der Waals surface area (Å²) in [6.45, 7) is 3.68. The highest BCUT2D eigenvalue weighted by atomic mass is 32.1. The average molecular weight is 310 g/mol. The minimum Gasteiger partial charge on any atom is -0.332 e. The molecule has 0 aliphatic heterocycles. The lowest BCUT2D eigenvalue weighted by Crippen LogP contribution is -2.36. The molecule has 2 aromatic rings. The minimum absolute atomic E-state index is 0.0777. The van der Waals surface area contributed by atoms with Crippen molar-refractivity contribution in [2.45, 2.75) is 20.3 Å². The molecule has 1 amide bonds. The summed E-state index contributed by atoms with van der Waals surface area (Å²) in [5.41, 5.74) is 6.12. The molecule has 0 aromatic heterocycles. The molecular formula is C18H18N2OS. The normalized spacial score (nSPS) is 11.8. The minimum atomic E-state index is -0.0886. The number of hydrogen-bond donors (Lipinski definition) is 2. The fourth-order valence-corrected chi connectivity index (χ4v) is 2.86. The molecule has 4 heteroatoms. The van der Waals surface area contributed by atoms with Crippen molar-refractivity contribution in [3.8, 4) is 11.1 Å². The van der Waals surface area contributed by atoms with Gasteiger partial charge in [-0.05, 0) is 53.0 Å². The van der Waals surface area contributed by atoms with E-state index in [-0.39, 0.29) is 11.8 Å². The Morgan fingerprint density at radius 1 is 1.09 bits per heavy atom. The van der Waals surface area contributed by atoms with Crippen LogP contribution in [0.3, 0.4) is 0 Å². The maximum atomic E-state index is 11.6. The van der Waals surface area contributed by atoms with Crippen molar-refractivity contribution >= 4 is 28.9 Å². The van der Waals surface area contributed by atoms with Crippen LogP contribution in [0.25, 0.3) is 11.1 Å². The van der Waals surface area contributed by atoms with Crippen LogP contribution in [-0.4, -0.2) is 11.0 Å². The van der Waals surface area contributed by atoms with E-state index in [4.69, 9.17) is 12.2 Å². The van der Waals surface area contributed by atoms with E-state index < -0.39 is 0 Å². The Hall–Kier alpha value is -2.20. The third kappa shape index (κ3) is 2.88. The molecule has 112 valence electrons. The molecule has 3 nitrogen and oxygen atoms in total. The fraction of sp³-hybridized carbons (Fsp3) is 0.222. The van der Waals surface area contributed by atoms with Gasteiger partial charge in [-0.1, -0.05) is 44.2 Å². The highest BCUT2D eigenvalue weighted by Gasteiger charge is 2.18. The Bertz CT molecular complexity index is 753. The number of nitrogens with one attached hydrogen (secondary N) is 2. The number of carbonyl (C=O) groups excluding carboxylic acids is 1. The van der Waals surface area contributed by atoms with Gasteiger partial charge < -0.3 is 10.6 Å². The Balaban J connectivity index is 1.75. The van der Waals surface area contributed by atoms with Crippen LogP contribution in [0.2, 0.25) is 0 Å². The summed E-state index contributed by atoms with van der Waals surface area (Å²) in [4.78, 5) is 11.6. The Morgan fingerprint density at radius 3 is 2.59 bits per heavy atom. The molecule has 0 unspecified atom stereocenters. The summed E-state index contributed by atoms with van der Waals surface area (Å²) in [5.74, 6) is -0.166. The largest absolute Gasteiger partial charge is 0.332 e. The third-order valence-corrected chi connectivity index (χ3v) is 4.02. The molecule has 0 atom stereocenters. The molecular weight excluding hydrogens is 292 g/mol. The van der Waals surface area contributed by atoms with Gasteiger partial charge in [0.25, 0.3) is 0 Å². The molecule has 0 saturated carbocycles. The molecule has 3 rings (SSSR count). The van der Waals surface area contributed by atoms with E-state index in [0.717, 1.165) is 12.1 Å². The number of amides is 1. The van der Waals surface area contributed by atoms with Crippen molar-refractivity contribution in [3.05, 3.63) is 53.6 Å². The van der Waals surface area contributed by atoms with E-state index in [0.29, 0.717) is 5.11 Å². The second-order valence-corrected chi connectivity index (χ2v) is 6.21. The van der Waals surface area contributed by atoms with E-state index >= 15 is 0 Å². The quantitative estimate of drug-likeness (QED) is 0.709. The number of hydrogen-bond acceptors (Lipinski definition) is 2. The summed E-state index contributed by atoms with van der Waals surface area (Å²) < 4.78 is 0. The van der Waals surface area contributed by atoms with Gasteiger partial charge in [0.15, 0.2) is 5.11 Å². The van der Waals surface area contributed by atoms with Gasteiger partial charge in [-0.3, -0.25) is 4.79 Å². The van der Waals surface area contributed by atoms with E-state index in [2.05, 4.69) is 47.0 Å². The molecule has 1 aliphatic rings. The van der Waals surface area contributed by atoms with Crippen LogP contribution in [0.1, 0.15) is 25.0 Å². The first kappa shape index (κ1) is 14.7.